The molecule has 0 saturated carbocycles. The van der Waals surface area contributed by atoms with E-state index in [2.05, 4.69) is 33.0 Å². The van der Waals surface area contributed by atoms with Crippen LogP contribution in [0.1, 0.15) is 47.0 Å². The molecule has 0 aromatic carbocycles. The van der Waals surface area contributed by atoms with Crippen LogP contribution in [-0.4, -0.2) is 25.3 Å². The van der Waals surface area contributed by atoms with Crippen molar-refractivity contribution in [1.29, 1.82) is 0 Å². The van der Waals surface area contributed by atoms with Crippen LogP contribution >= 0.6 is 0 Å². The summed E-state index contributed by atoms with van der Waals surface area (Å²) in [7, 11) is 0. The normalized spacial score (nSPS) is 28.6. The molecule has 1 rings (SSSR count). The van der Waals surface area contributed by atoms with E-state index in [-0.39, 0.29) is 0 Å². The molecule has 0 aromatic heterocycles. The van der Waals surface area contributed by atoms with E-state index in [9.17, 15) is 0 Å². The Hall–Kier alpha value is -0.0800. The summed E-state index contributed by atoms with van der Waals surface area (Å²) in [5.74, 6) is 1.38. The first-order valence-electron chi connectivity index (χ1n) is 6.50. The molecule has 0 spiro atoms. The van der Waals surface area contributed by atoms with Crippen molar-refractivity contribution in [1.82, 2.24) is 5.32 Å². The van der Waals surface area contributed by atoms with Crippen LogP contribution in [0.25, 0.3) is 0 Å². The molecule has 1 aliphatic rings. The summed E-state index contributed by atoms with van der Waals surface area (Å²) in [5, 5.41) is 3.63. The first-order valence-corrected chi connectivity index (χ1v) is 6.50. The van der Waals surface area contributed by atoms with Crippen LogP contribution in [0.5, 0.6) is 0 Å². The molecule has 1 aliphatic heterocycles. The molecule has 0 aromatic rings. The van der Waals surface area contributed by atoms with Crippen molar-refractivity contribution in [3.63, 3.8) is 0 Å². The van der Waals surface area contributed by atoms with Crippen LogP contribution in [0, 0.1) is 11.8 Å². The Labute approximate surface area is 94.8 Å². The predicted molar refractivity (Wildman–Crippen MR) is 65.1 cm³/mol. The number of hydrogen-bond donors (Lipinski definition) is 1. The molecule has 2 heteroatoms. The molecule has 3 unspecified atom stereocenters. The molecule has 1 saturated heterocycles. The van der Waals surface area contributed by atoms with E-state index in [0.717, 1.165) is 19.1 Å². The Morgan fingerprint density at radius 1 is 1.33 bits per heavy atom. The van der Waals surface area contributed by atoms with Gasteiger partial charge in [0.15, 0.2) is 0 Å². The van der Waals surface area contributed by atoms with Crippen molar-refractivity contribution in [2.24, 2.45) is 11.8 Å². The second-order valence-electron chi connectivity index (χ2n) is 5.23. The molecule has 90 valence electrons. The van der Waals surface area contributed by atoms with Gasteiger partial charge in [-0.1, -0.05) is 27.2 Å². The highest BCUT2D eigenvalue weighted by molar-refractivity contribution is 4.81. The largest absolute Gasteiger partial charge is 0.378 e. The zero-order valence-electron chi connectivity index (χ0n) is 10.8. The molecule has 3 atom stereocenters. The first kappa shape index (κ1) is 13.0. The molecule has 1 fully saturated rings. The fraction of sp³-hybridized carbons (Fsp3) is 1.00. The number of nitrogens with one attached hydrogen (secondary N) is 1. The number of rotatable bonds is 6. The molecule has 0 aliphatic carbocycles. The summed E-state index contributed by atoms with van der Waals surface area (Å²) in [5.41, 5.74) is 0. The Balaban J connectivity index is 2.25. The van der Waals surface area contributed by atoms with Crippen molar-refractivity contribution >= 4 is 0 Å². The minimum absolute atomic E-state index is 0.478. The summed E-state index contributed by atoms with van der Waals surface area (Å²) in [6, 6.07) is 0.656. The quantitative estimate of drug-likeness (QED) is 0.732. The van der Waals surface area contributed by atoms with Gasteiger partial charge in [-0.2, -0.15) is 0 Å². The Kier molecular flexibility index (Phi) is 5.62. The van der Waals surface area contributed by atoms with Crippen LogP contribution in [-0.2, 0) is 4.74 Å². The van der Waals surface area contributed by atoms with Crippen molar-refractivity contribution in [2.45, 2.75) is 59.1 Å². The van der Waals surface area contributed by atoms with E-state index in [0.29, 0.717) is 18.1 Å². The lowest BCUT2D eigenvalue weighted by atomic mass is 9.93. The maximum absolute atomic E-state index is 5.78. The Morgan fingerprint density at radius 3 is 2.67 bits per heavy atom. The van der Waals surface area contributed by atoms with Gasteiger partial charge in [-0.15, -0.1) is 0 Å². The molecular weight excluding hydrogens is 186 g/mol. The van der Waals surface area contributed by atoms with Gasteiger partial charge in [-0.25, -0.2) is 0 Å². The zero-order chi connectivity index (χ0) is 11.3. The predicted octanol–water partition coefficient (Wildman–Crippen LogP) is 2.83. The third-order valence-corrected chi connectivity index (χ3v) is 3.37. The fourth-order valence-electron chi connectivity index (χ4n) is 2.50. The van der Waals surface area contributed by atoms with Gasteiger partial charge >= 0.3 is 0 Å². The van der Waals surface area contributed by atoms with Gasteiger partial charge in [0, 0.05) is 19.2 Å². The van der Waals surface area contributed by atoms with E-state index >= 15 is 0 Å². The molecule has 0 amide bonds. The summed E-state index contributed by atoms with van der Waals surface area (Å²) in [6.45, 7) is 11.1. The average Bonchev–Trinajstić information content (AvgIpc) is 2.63. The first-order chi connectivity index (χ1) is 7.15. The lowest BCUT2D eigenvalue weighted by Gasteiger charge is -2.24. The molecule has 2 nitrogen and oxygen atoms in total. The zero-order valence-corrected chi connectivity index (χ0v) is 10.8. The van der Waals surface area contributed by atoms with Crippen molar-refractivity contribution in [3.8, 4) is 0 Å². The van der Waals surface area contributed by atoms with E-state index in [1.165, 1.54) is 19.3 Å². The van der Waals surface area contributed by atoms with Gasteiger partial charge in [-0.3, -0.25) is 0 Å². The Bertz CT molecular complexity index is 170. The minimum atomic E-state index is 0.478. The van der Waals surface area contributed by atoms with E-state index in [4.69, 9.17) is 4.74 Å². The van der Waals surface area contributed by atoms with E-state index in [1.807, 2.05) is 0 Å². The Morgan fingerprint density at radius 2 is 2.07 bits per heavy atom. The van der Waals surface area contributed by atoms with Crippen molar-refractivity contribution in [2.75, 3.05) is 13.2 Å². The molecule has 15 heavy (non-hydrogen) atoms. The van der Waals surface area contributed by atoms with Crippen LogP contribution in [0.3, 0.4) is 0 Å². The van der Waals surface area contributed by atoms with Crippen LogP contribution in [0.2, 0.25) is 0 Å². The van der Waals surface area contributed by atoms with Gasteiger partial charge in [0.25, 0.3) is 0 Å². The highest BCUT2D eigenvalue weighted by Crippen LogP contribution is 2.26. The highest BCUT2D eigenvalue weighted by atomic mass is 16.5. The highest BCUT2D eigenvalue weighted by Gasteiger charge is 2.30. The SMILES string of the molecule is CCCC(C)NCC1CCOC1C(C)C. The van der Waals surface area contributed by atoms with Crippen molar-refractivity contribution in [3.05, 3.63) is 0 Å². The maximum atomic E-state index is 5.78. The minimum Gasteiger partial charge on any atom is -0.378 e. The summed E-state index contributed by atoms with van der Waals surface area (Å²) >= 11 is 0. The smallest absolute Gasteiger partial charge is 0.0639 e. The molecule has 0 radical (unpaired) electrons. The molecule has 0 bridgehead atoms. The lowest BCUT2D eigenvalue weighted by Crippen LogP contribution is -2.36. The van der Waals surface area contributed by atoms with Gasteiger partial charge in [0.05, 0.1) is 6.10 Å². The van der Waals surface area contributed by atoms with Gasteiger partial charge in [0.1, 0.15) is 0 Å². The molecule has 1 heterocycles. The summed E-state index contributed by atoms with van der Waals surface area (Å²) < 4.78 is 5.78. The molecule has 1 N–H and O–H groups in total. The van der Waals surface area contributed by atoms with E-state index in [1.54, 1.807) is 0 Å². The lowest BCUT2D eigenvalue weighted by molar-refractivity contribution is 0.0534. The van der Waals surface area contributed by atoms with Crippen molar-refractivity contribution < 1.29 is 4.74 Å². The maximum Gasteiger partial charge on any atom is 0.0639 e. The average molecular weight is 213 g/mol. The second-order valence-corrected chi connectivity index (χ2v) is 5.23. The number of ether oxygens (including phenoxy) is 1. The van der Waals surface area contributed by atoms with Gasteiger partial charge in [-0.05, 0) is 31.6 Å². The van der Waals surface area contributed by atoms with Crippen LogP contribution in [0.4, 0.5) is 0 Å². The monoisotopic (exact) mass is 213 g/mol. The number of hydrogen-bond acceptors (Lipinski definition) is 2. The molecular formula is C13H27NO. The van der Waals surface area contributed by atoms with Crippen LogP contribution in [0.15, 0.2) is 0 Å². The summed E-state index contributed by atoms with van der Waals surface area (Å²) in [6.07, 6.45) is 4.25. The summed E-state index contributed by atoms with van der Waals surface area (Å²) in [4.78, 5) is 0. The fourth-order valence-corrected chi connectivity index (χ4v) is 2.50. The van der Waals surface area contributed by atoms with Gasteiger partial charge < -0.3 is 10.1 Å². The third kappa shape index (κ3) is 4.12. The third-order valence-electron chi connectivity index (χ3n) is 3.37. The van der Waals surface area contributed by atoms with Gasteiger partial charge in [0.2, 0.25) is 0 Å². The topological polar surface area (TPSA) is 21.3 Å². The second kappa shape index (κ2) is 6.49. The standard InChI is InChI=1S/C13H27NO/c1-5-6-11(4)14-9-12-7-8-15-13(12)10(2)3/h10-14H,5-9H2,1-4H3. The van der Waals surface area contributed by atoms with E-state index < -0.39 is 0 Å². The van der Waals surface area contributed by atoms with Crippen LogP contribution < -0.4 is 5.32 Å².